The Kier molecular flexibility index (Phi) is 4.19. The fraction of sp³-hybridized carbons (Fsp3) is 0.308. The van der Waals surface area contributed by atoms with Gasteiger partial charge in [-0.15, -0.1) is 0 Å². The number of benzene rings is 1. The zero-order valence-electron chi connectivity index (χ0n) is 11.4. The predicted octanol–water partition coefficient (Wildman–Crippen LogP) is 2.06. The normalized spacial score (nSPS) is 13.4. The van der Waals surface area contributed by atoms with E-state index < -0.39 is 17.8 Å². The topological polar surface area (TPSA) is 81.9 Å². The van der Waals surface area contributed by atoms with Gasteiger partial charge in [0.1, 0.15) is 0 Å². The van der Waals surface area contributed by atoms with Crippen molar-refractivity contribution in [2.45, 2.75) is 25.7 Å². The summed E-state index contributed by atoms with van der Waals surface area (Å²) in [7, 11) is 0. The standard InChI is InChI=1S/C13H16F3N5/c1-2-21-7-8(6-19-21)12(20-18)10-5-9(13(14,15)16)3-4-11(10)17/h3-7,12,20H,2,17-18H2,1H3. The van der Waals surface area contributed by atoms with Gasteiger partial charge in [-0.1, -0.05) is 0 Å². The van der Waals surface area contributed by atoms with Gasteiger partial charge in [0.25, 0.3) is 0 Å². The van der Waals surface area contributed by atoms with Gasteiger partial charge >= 0.3 is 6.18 Å². The Labute approximate surface area is 119 Å². The van der Waals surface area contributed by atoms with E-state index in [1.165, 1.54) is 6.07 Å². The van der Waals surface area contributed by atoms with E-state index in [9.17, 15) is 13.2 Å². The van der Waals surface area contributed by atoms with E-state index in [1.54, 1.807) is 17.1 Å². The first-order chi connectivity index (χ1) is 9.86. The summed E-state index contributed by atoms with van der Waals surface area (Å²) in [5.41, 5.74) is 8.66. The summed E-state index contributed by atoms with van der Waals surface area (Å²) in [5.74, 6) is 5.49. The maximum Gasteiger partial charge on any atom is 0.416 e. The first-order valence-electron chi connectivity index (χ1n) is 6.32. The van der Waals surface area contributed by atoms with Crippen molar-refractivity contribution in [3.8, 4) is 0 Å². The van der Waals surface area contributed by atoms with Gasteiger partial charge in [-0.05, 0) is 30.7 Å². The van der Waals surface area contributed by atoms with Crippen LogP contribution in [0, 0.1) is 0 Å². The Morgan fingerprint density at radius 3 is 2.62 bits per heavy atom. The summed E-state index contributed by atoms with van der Waals surface area (Å²) in [6.07, 6.45) is -1.17. The summed E-state index contributed by atoms with van der Waals surface area (Å²) in [6.45, 7) is 2.55. The Balaban J connectivity index is 2.46. The van der Waals surface area contributed by atoms with E-state index in [1.807, 2.05) is 6.92 Å². The Morgan fingerprint density at radius 2 is 2.10 bits per heavy atom. The molecule has 1 aromatic carbocycles. The first kappa shape index (κ1) is 15.3. The van der Waals surface area contributed by atoms with Crippen molar-refractivity contribution in [1.82, 2.24) is 15.2 Å². The average Bonchev–Trinajstić information content (AvgIpc) is 2.89. The molecule has 1 aromatic heterocycles. The van der Waals surface area contributed by atoms with Gasteiger partial charge in [0.2, 0.25) is 0 Å². The van der Waals surface area contributed by atoms with E-state index in [-0.39, 0.29) is 11.3 Å². The zero-order chi connectivity index (χ0) is 15.6. The van der Waals surface area contributed by atoms with E-state index in [0.29, 0.717) is 12.1 Å². The molecule has 0 saturated heterocycles. The van der Waals surface area contributed by atoms with Crippen LogP contribution in [0.2, 0.25) is 0 Å². The van der Waals surface area contributed by atoms with Gasteiger partial charge in [-0.25, -0.2) is 5.43 Å². The molecule has 0 aliphatic heterocycles. The number of aryl methyl sites for hydroxylation is 1. The number of nitrogen functional groups attached to an aromatic ring is 1. The van der Waals surface area contributed by atoms with Crippen LogP contribution in [0.4, 0.5) is 18.9 Å². The fourth-order valence-electron chi connectivity index (χ4n) is 2.07. The third kappa shape index (κ3) is 3.17. The van der Waals surface area contributed by atoms with Crippen LogP contribution in [0.5, 0.6) is 0 Å². The molecule has 8 heteroatoms. The largest absolute Gasteiger partial charge is 0.416 e. The number of rotatable bonds is 4. The number of alkyl halides is 3. The summed E-state index contributed by atoms with van der Waals surface area (Å²) < 4.78 is 40.1. The zero-order valence-corrected chi connectivity index (χ0v) is 11.4. The highest BCUT2D eigenvalue weighted by atomic mass is 19.4. The molecule has 0 aliphatic carbocycles. The number of hydrogen-bond acceptors (Lipinski definition) is 4. The number of hydrogen-bond donors (Lipinski definition) is 3. The highest BCUT2D eigenvalue weighted by Gasteiger charge is 2.32. The second-order valence-corrected chi connectivity index (χ2v) is 4.57. The summed E-state index contributed by atoms with van der Waals surface area (Å²) in [4.78, 5) is 0. The third-order valence-corrected chi connectivity index (χ3v) is 3.20. The number of anilines is 1. The highest BCUT2D eigenvalue weighted by molar-refractivity contribution is 5.53. The lowest BCUT2D eigenvalue weighted by Gasteiger charge is -2.18. The molecule has 0 spiro atoms. The molecule has 5 nitrogen and oxygen atoms in total. The Morgan fingerprint density at radius 1 is 1.38 bits per heavy atom. The third-order valence-electron chi connectivity index (χ3n) is 3.20. The van der Waals surface area contributed by atoms with Crippen LogP contribution in [-0.4, -0.2) is 9.78 Å². The van der Waals surface area contributed by atoms with Crippen molar-refractivity contribution >= 4 is 5.69 Å². The van der Waals surface area contributed by atoms with Crippen LogP contribution in [0.15, 0.2) is 30.6 Å². The Hall–Kier alpha value is -2.06. The number of aromatic nitrogens is 2. The number of nitrogens with one attached hydrogen (secondary N) is 1. The van der Waals surface area contributed by atoms with Crippen molar-refractivity contribution in [2.24, 2.45) is 5.84 Å². The van der Waals surface area contributed by atoms with Gasteiger partial charge in [-0.2, -0.15) is 18.3 Å². The number of halogens is 3. The Bertz CT molecular complexity index is 621. The van der Waals surface area contributed by atoms with Crippen molar-refractivity contribution in [3.05, 3.63) is 47.3 Å². The van der Waals surface area contributed by atoms with Gasteiger partial charge < -0.3 is 5.73 Å². The molecule has 1 heterocycles. The minimum atomic E-state index is -4.44. The van der Waals surface area contributed by atoms with E-state index in [0.717, 1.165) is 12.1 Å². The van der Waals surface area contributed by atoms with Crippen molar-refractivity contribution < 1.29 is 13.2 Å². The number of nitrogens with zero attached hydrogens (tertiary/aromatic N) is 2. The molecule has 0 saturated carbocycles. The lowest BCUT2D eigenvalue weighted by atomic mass is 9.98. The molecule has 0 fully saturated rings. The number of hydrazine groups is 1. The van der Waals surface area contributed by atoms with E-state index in [2.05, 4.69) is 10.5 Å². The van der Waals surface area contributed by atoms with Crippen LogP contribution in [0.3, 0.4) is 0 Å². The molecule has 2 rings (SSSR count). The smallest absolute Gasteiger partial charge is 0.398 e. The van der Waals surface area contributed by atoms with Gasteiger partial charge in [0.15, 0.2) is 0 Å². The molecule has 0 bridgehead atoms. The maximum atomic E-state index is 12.8. The summed E-state index contributed by atoms with van der Waals surface area (Å²) in [6, 6.07) is 2.52. The molecule has 0 aliphatic rings. The van der Waals surface area contributed by atoms with E-state index >= 15 is 0 Å². The van der Waals surface area contributed by atoms with Crippen LogP contribution in [0.1, 0.15) is 29.7 Å². The quantitative estimate of drug-likeness (QED) is 0.458. The second-order valence-electron chi connectivity index (χ2n) is 4.57. The maximum absolute atomic E-state index is 12.8. The predicted molar refractivity (Wildman–Crippen MR) is 72.9 cm³/mol. The molecule has 1 atom stereocenters. The minimum absolute atomic E-state index is 0.232. The monoisotopic (exact) mass is 299 g/mol. The fourth-order valence-corrected chi connectivity index (χ4v) is 2.07. The van der Waals surface area contributed by atoms with E-state index in [4.69, 9.17) is 11.6 Å². The molecular weight excluding hydrogens is 283 g/mol. The molecule has 5 N–H and O–H groups in total. The van der Waals surface area contributed by atoms with Crippen molar-refractivity contribution in [3.63, 3.8) is 0 Å². The molecule has 114 valence electrons. The summed E-state index contributed by atoms with van der Waals surface area (Å²) >= 11 is 0. The lowest BCUT2D eigenvalue weighted by Crippen LogP contribution is -2.29. The highest BCUT2D eigenvalue weighted by Crippen LogP contribution is 2.34. The van der Waals surface area contributed by atoms with Gasteiger partial charge in [0.05, 0.1) is 17.8 Å². The first-order valence-corrected chi connectivity index (χ1v) is 6.32. The molecule has 0 amide bonds. The second kappa shape index (κ2) is 5.74. The van der Waals surface area contributed by atoms with Gasteiger partial charge in [-0.3, -0.25) is 10.5 Å². The van der Waals surface area contributed by atoms with Crippen molar-refractivity contribution in [2.75, 3.05) is 5.73 Å². The molecule has 0 radical (unpaired) electrons. The molecular formula is C13H16F3N5. The van der Waals surface area contributed by atoms with Crippen LogP contribution in [-0.2, 0) is 12.7 Å². The lowest BCUT2D eigenvalue weighted by molar-refractivity contribution is -0.137. The SMILES string of the molecule is CCn1cc(C(NN)c2cc(C(F)(F)F)ccc2N)cn1. The van der Waals surface area contributed by atoms with Crippen molar-refractivity contribution in [1.29, 1.82) is 0 Å². The van der Waals surface area contributed by atoms with Crippen LogP contribution in [0.25, 0.3) is 0 Å². The molecule has 2 aromatic rings. The molecule has 1 unspecified atom stereocenters. The minimum Gasteiger partial charge on any atom is -0.398 e. The van der Waals surface area contributed by atoms with Crippen LogP contribution < -0.4 is 17.0 Å². The summed E-state index contributed by atoms with van der Waals surface area (Å²) in [5, 5.41) is 4.09. The molecule has 21 heavy (non-hydrogen) atoms. The van der Waals surface area contributed by atoms with Crippen LogP contribution >= 0.6 is 0 Å². The average molecular weight is 299 g/mol. The van der Waals surface area contributed by atoms with Gasteiger partial charge in [0, 0.05) is 24.0 Å². The number of nitrogens with two attached hydrogens (primary N) is 2.